The van der Waals surface area contributed by atoms with E-state index in [0.717, 1.165) is 12.0 Å². The molecule has 1 N–H and O–H groups in total. The second-order valence-electron chi connectivity index (χ2n) is 5.90. The molecule has 0 aromatic heterocycles. The molecule has 2 unspecified atom stereocenters. The number of benzene rings is 1. The summed E-state index contributed by atoms with van der Waals surface area (Å²) in [4.78, 5) is 2.64. The number of aryl methyl sites for hydroxylation is 1. The van der Waals surface area contributed by atoms with Gasteiger partial charge in [-0.2, -0.15) is 0 Å². The lowest BCUT2D eigenvalue weighted by molar-refractivity contribution is 0.149. The highest BCUT2D eigenvalue weighted by Gasteiger charge is 2.23. The Morgan fingerprint density at radius 1 is 1.21 bits per heavy atom. The molecule has 0 amide bonds. The maximum absolute atomic E-state index is 3.44. The van der Waals surface area contributed by atoms with E-state index in [1.54, 1.807) is 0 Å². The van der Waals surface area contributed by atoms with Crippen molar-refractivity contribution in [2.24, 2.45) is 5.92 Å². The first kappa shape index (κ1) is 14.5. The van der Waals surface area contributed by atoms with E-state index >= 15 is 0 Å². The molecule has 2 rings (SSSR count). The van der Waals surface area contributed by atoms with Crippen molar-refractivity contribution < 1.29 is 0 Å². The molecule has 1 aliphatic rings. The maximum Gasteiger partial charge on any atom is 0.0114 e. The minimum Gasteiger partial charge on any atom is -0.317 e. The van der Waals surface area contributed by atoms with Crippen molar-refractivity contribution in [3.63, 3.8) is 0 Å². The lowest BCUT2D eigenvalue weighted by atomic mass is 9.94. The molecule has 1 aliphatic heterocycles. The number of hydrogen-bond donors (Lipinski definition) is 1. The van der Waals surface area contributed by atoms with Gasteiger partial charge in [-0.3, -0.25) is 0 Å². The van der Waals surface area contributed by atoms with Crippen LogP contribution in [0.5, 0.6) is 0 Å². The Kier molecular flexibility index (Phi) is 5.87. The van der Waals surface area contributed by atoms with E-state index in [4.69, 9.17) is 0 Å². The van der Waals surface area contributed by atoms with Crippen molar-refractivity contribution in [1.82, 2.24) is 10.2 Å². The largest absolute Gasteiger partial charge is 0.317 e. The summed E-state index contributed by atoms with van der Waals surface area (Å²) < 4.78 is 0. The summed E-state index contributed by atoms with van der Waals surface area (Å²) in [6.45, 7) is 6.17. The number of likely N-dealkylation sites (tertiary alicyclic amines) is 1. The van der Waals surface area contributed by atoms with Gasteiger partial charge in [-0.15, -0.1) is 0 Å². The Labute approximate surface area is 118 Å². The highest BCUT2D eigenvalue weighted by atomic mass is 15.1. The van der Waals surface area contributed by atoms with Crippen LogP contribution in [0.3, 0.4) is 0 Å². The second kappa shape index (κ2) is 7.66. The fourth-order valence-electron chi connectivity index (χ4n) is 3.17. The van der Waals surface area contributed by atoms with E-state index < -0.39 is 0 Å². The molecule has 0 spiro atoms. The summed E-state index contributed by atoms with van der Waals surface area (Å²) in [5.41, 5.74) is 1.48. The normalized spacial score (nSPS) is 24.5. The van der Waals surface area contributed by atoms with Crippen LogP contribution in [0, 0.1) is 5.92 Å². The first-order valence-corrected chi connectivity index (χ1v) is 7.73. The van der Waals surface area contributed by atoms with Gasteiger partial charge >= 0.3 is 0 Å². The van der Waals surface area contributed by atoms with E-state index in [2.05, 4.69) is 54.5 Å². The van der Waals surface area contributed by atoms with Gasteiger partial charge in [-0.25, -0.2) is 0 Å². The SMILES string of the molecule is CNC1CCN(CCCCc2ccccc2)CC1C. The second-order valence-corrected chi connectivity index (χ2v) is 5.90. The predicted octanol–water partition coefficient (Wildman–Crippen LogP) is 2.94. The topological polar surface area (TPSA) is 15.3 Å². The third-order valence-electron chi connectivity index (χ3n) is 4.39. The molecular weight excluding hydrogens is 232 g/mol. The van der Waals surface area contributed by atoms with Crippen LogP contribution in [0.1, 0.15) is 31.7 Å². The van der Waals surface area contributed by atoms with Crippen LogP contribution >= 0.6 is 0 Å². The van der Waals surface area contributed by atoms with Gasteiger partial charge in [-0.1, -0.05) is 37.3 Å². The van der Waals surface area contributed by atoms with E-state index in [1.165, 1.54) is 50.9 Å². The molecule has 2 atom stereocenters. The first-order valence-electron chi connectivity index (χ1n) is 7.73. The summed E-state index contributed by atoms with van der Waals surface area (Å²) in [5.74, 6) is 0.785. The van der Waals surface area contributed by atoms with E-state index in [-0.39, 0.29) is 0 Å². The molecule has 0 aliphatic carbocycles. The summed E-state index contributed by atoms with van der Waals surface area (Å²) in [6.07, 6.45) is 5.16. The molecule has 19 heavy (non-hydrogen) atoms. The van der Waals surface area contributed by atoms with Gasteiger partial charge in [0.1, 0.15) is 0 Å². The van der Waals surface area contributed by atoms with Crippen molar-refractivity contribution in [2.45, 2.75) is 38.6 Å². The molecule has 106 valence electrons. The lowest BCUT2D eigenvalue weighted by Crippen LogP contribution is -2.47. The van der Waals surface area contributed by atoms with E-state index in [1.807, 2.05) is 0 Å². The predicted molar refractivity (Wildman–Crippen MR) is 82.4 cm³/mol. The number of hydrogen-bond acceptors (Lipinski definition) is 2. The molecule has 1 saturated heterocycles. The summed E-state index contributed by atoms with van der Waals surface area (Å²) >= 11 is 0. The van der Waals surface area contributed by atoms with Crippen LogP contribution in [-0.4, -0.2) is 37.6 Å². The molecule has 0 bridgehead atoms. The van der Waals surface area contributed by atoms with Gasteiger partial charge in [0.25, 0.3) is 0 Å². The van der Waals surface area contributed by atoms with Gasteiger partial charge in [0.2, 0.25) is 0 Å². The third kappa shape index (κ3) is 4.63. The number of nitrogens with one attached hydrogen (secondary N) is 1. The Morgan fingerprint density at radius 2 is 2.00 bits per heavy atom. The zero-order valence-electron chi connectivity index (χ0n) is 12.4. The molecule has 0 radical (unpaired) electrons. The first-order chi connectivity index (χ1) is 9.29. The third-order valence-corrected chi connectivity index (χ3v) is 4.39. The van der Waals surface area contributed by atoms with Gasteiger partial charge in [0, 0.05) is 12.6 Å². The Hall–Kier alpha value is -0.860. The van der Waals surface area contributed by atoms with Crippen LogP contribution < -0.4 is 5.32 Å². The monoisotopic (exact) mass is 260 g/mol. The van der Waals surface area contributed by atoms with Gasteiger partial charge in [-0.05, 0) is 57.3 Å². The standard InChI is InChI=1S/C17H28N2/c1-15-14-19(13-11-17(15)18-2)12-7-6-10-16-8-4-3-5-9-16/h3-5,8-9,15,17-18H,6-7,10-14H2,1-2H3. The van der Waals surface area contributed by atoms with Crippen LogP contribution in [0.25, 0.3) is 0 Å². The van der Waals surface area contributed by atoms with Crippen LogP contribution in [0.4, 0.5) is 0 Å². The van der Waals surface area contributed by atoms with E-state index in [9.17, 15) is 0 Å². The minimum absolute atomic E-state index is 0.723. The summed E-state index contributed by atoms with van der Waals surface area (Å²) in [7, 11) is 2.09. The Bertz CT molecular complexity index is 350. The van der Waals surface area contributed by atoms with Crippen molar-refractivity contribution in [3.8, 4) is 0 Å². The van der Waals surface area contributed by atoms with E-state index in [0.29, 0.717) is 0 Å². The van der Waals surface area contributed by atoms with Gasteiger partial charge in [0.05, 0.1) is 0 Å². The molecular formula is C17H28N2. The number of piperidine rings is 1. The van der Waals surface area contributed by atoms with Gasteiger partial charge < -0.3 is 10.2 Å². The summed E-state index contributed by atoms with van der Waals surface area (Å²) in [5, 5.41) is 3.44. The molecule has 2 heteroatoms. The molecule has 2 nitrogen and oxygen atoms in total. The van der Waals surface area contributed by atoms with Crippen molar-refractivity contribution in [3.05, 3.63) is 35.9 Å². The van der Waals surface area contributed by atoms with Crippen LogP contribution in [0.15, 0.2) is 30.3 Å². The Morgan fingerprint density at radius 3 is 2.68 bits per heavy atom. The van der Waals surface area contributed by atoms with Gasteiger partial charge in [0.15, 0.2) is 0 Å². The smallest absolute Gasteiger partial charge is 0.0114 e. The highest BCUT2D eigenvalue weighted by Crippen LogP contribution is 2.17. The minimum atomic E-state index is 0.723. The fourth-order valence-corrected chi connectivity index (χ4v) is 3.17. The molecule has 1 aromatic rings. The van der Waals surface area contributed by atoms with Crippen molar-refractivity contribution in [1.29, 1.82) is 0 Å². The summed E-state index contributed by atoms with van der Waals surface area (Å²) in [6, 6.07) is 11.6. The molecule has 1 heterocycles. The Balaban J connectivity index is 1.61. The average molecular weight is 260 g/mol. The zero-order chi connectivity index (χ0) is 13.5. The maximum atomic E-state index is 3.44. The van der Waals surface area contributed by atoms with Crippen molar-refractivity contribution >= 4 is 0 Å². The average Bonchev–Trinajstić information content (AvgIpc) is 2.45. The number of unbranched alkanes of at least 4 members (excludes halogenated alkanes) is 1. The fraction of sp³-hybridized carbons (Fsp3) is 0.647. The molecule has 1 aromatic carbocycles. The number of rotatable bonds is 6. The molecule has 1 fully saturated rings. The quantitative estimate of drug-likeness (QED) is 0.791. The zero-order valence-corrected chi connectivity index (χ0v) is 12.4. The highest BCUT2D eigenvalue weighted by molar-refractivity contribution is 5.14. The van der Waals surface area contributed by atoms with Crippen LogP contribution in [0.2, 0.25) is 0 Å². The molecule has 0 saturated carbocycles. The number of nitrogens with zero attached hydrogens (tertiary/aromatic N) is 1. The van der Waals surface area contributed by atoms with Crippen molar-refractivity contribution in [2.75, 3.05) is 26.7 Å². The van der Waals surface area contributed by atoms with Crippen LogP contribution in [-0.2, 0) is 6.42 Å². The lowest BCUT2D eigenvalue weighted by Gasteiger charge is -2.36.